The van der Waals surface area contributed by atoms with E-state index in [0.29, 0.717) is 11.6 Å². The standard InChI is InChI=1S/C9H16N4OS/c1-5(4-14)15-9-6(2)8(13-10)11-7(3)12-9/h5,14H,4,10H2,1-3H3,(H,11,12,13). The molecule has 0 bridgehead atoms. The van der Waals surface area contributed by atoms with E-state index in [1.54, 1.807) is 0 Å². The van der Waals surface area contributed by atoms with Crippen LogP contribution in [-0.2, 0) is 0 Å². The van der Waals surface area contributed by atoms with Gasteiger partial charge in [0.15, 0.2) is 0 Å². The number of nitrogens with zero attached hydrogens (tertiary/aromatic N) is 2. The largest absolute Gasteiger partial charge is 0.395 e. The van der Waals surface area contributed by atoms with E-state index < -0.39 is 0 Å². The molecule has 1 atom stereocenters. The van der Waals surface area contributed by atoms with Crippen molar-refractivity contribution in [2.75, 3.05) is 12.0 Å². The lowest BCUT2D eigenvalue weighted by molar-refractivity contribution is 0.300. The van der Waals surface area contributed by atoms with E-state index >= 15 is 0 Å². The summed E-state index contributed by atoms with van der Waals surface area (Å²) >= 11 is 1.52. The van der Waals surface area contributed by atoms with Crippen LogP contribution in [0.2, 0.25) is 0 Å². The Hall–Kier alpha value is -0.850. The van der Waals surface area contributed by atoms with E-state index in [0.717, 1.165) is 10.6 Å². The molecule has 1 heterocycles. The number of hydrazine groups is 1. The van der Waals surface area contributed by atoms with Crippen molar-refractivity contribution in [1.82, 2.24) is 9.97 Å². The first-order chi connectivity index (χ1) is 7.08. The number of aliphatic hydroxyl groups is 1. The number of rotatable bonds is 4. The van der Waals surface area contributed by atoms with E-state index in [1.807, 2.05) is 20.8 Å². The molecule has 15 heavy (non-hydrogen) atoms. The van der Waals surface area contributed by atoms with Crippen LogP contribution in [0.5, 0.6) is 0 Å². The van der Waals surface area contributed by atoms with Crippen LogP contribution in [-0.4, -0.2) is 26.9 Å². The van der Waals surface area contributed by atoms with Crippen molar-refractivity contribution in [2.24, 2.45) is 5.84 Å². The third kappa shape index (κ3) is 3.05. The number of nitrogens with one attached hydrogen (secondary N) is 1. The van der Waals surface area contributed by atoms with Crippen LogP contribution in [0.1, 0.15) is 18.3 Å². The minimum atomic E-state index is 0.114. The average Bonchev–Trinajstić information content (AvgIpc) is 2.22. The molecule has 0 spiro atoms. The molecule has 0 aliphatic rings. The minimum absolute atomic E-state index is 0.114. The van der Waals surface area contributed by atoms with Crippen molar-refractivity contribution in [2.45, 2.75) is 31.0 Å². The Morgan fingerprint density at radius 3 is 2.67 bits per heavy atom. The predicted octanol–water partition coefficient (Wildman–Crippen LogP) is 0.852. The third-order valence-electron chi connectivity index (χ3n) is 1.92. The Bertz CT molecular complexity index is 345. The molecule has 0 aliphatic carbocycles. The van der Waals surface area contributed by atoms with Crippen molar-refractivity contribution in [3.8, 4) is 0 Å². The van der Waals surface area contributed by atoms with Gasteiger partial charge in [0.25, 0.3) is 0 Å². The molecule has 0 aliphatic heterocycles. The maximum atomic E-state index is 8.98. The van der Waals surface area contributed by atoms with Crippen molar-refractivity contribution >= 4 is 17.6 Å². The zero-order valence-corrected chi connectivity index (χ0v) is 9.93. The number of aryl methyl sites for hydroxylation is 1. The van der Waals surface area contributed by atoms with Crippen molar-refractivity contribution in [1.29, 1.82) is 0 Å². The van der Waals surface area contributed by atoms with Gasteiger partial charge in [-0.3, -0.25) is 0 Å². The summed E-state index contributed by atoms with van der Waals surface area (Å²) in [5, 5.41) is 9.95. The van der Waals surface area contributed by atoms with Gasteiger partial charge in [0, 0.05) is 10.8 Å². The number of nitrogen functional groups attached to an aromatic ring is 1. The number of nitrogens with two attached hydrogens (primary N) is 1. The Morgan fingerprint density at radius 2 is 2.13 bits per heavy atom. The number of anilines is 1. The van der Waals surface area contributed by atoms with Crippen LogP contribution in [0.15, 0.2) is 5.03 Å². The van der Waals surface area contributed by atoms with Gasteiger partial charge in [0.2, 0.25) is 0 Å². The molecule has 1 aromatic heterocycles. The molecule has 84 valence electrons. The second-order valence-electron chi connectivity index (χ2n) is 3.30. The molecular weight excluding hydrogens is 212 g/mol. The fourth-order valence-electron chi connectivity index (χ4n) is 1.09. The monoisotopic (exact) mass is 228 g/mol. The summed E-state index contributed by atoms with van der Waals surface area (Å²) in [6, 6.07) is 0. The van der Waals surface area contributed by atoms with Crippen LogP contribution in [0, 0.1) is 13.8 Å². The molecule has 5 nitrogen and oxygen atoms in total. The highest BCUT2D eigenvalue weighted by atomic mass is 32.2. The summed E-state index contributed by atoms with van der Waals surface area (Å²) in [6.45, 7) is 5.78. The first-order valence-electron chi connectivity index (χ1n) is 4.67. The molecule has 0 saturated carbocycles. The van der Waals surface area contributed by atoms with E-state index in [4.69, 9.17) is 10.9 Å². The lowest BCUT2D eigenvalue weighted by Crippen LogP contribution is -2.13. The minimum Gasteiger partial charge on any atom is -0.395 e. The number of hydrogen-bond donors (Lipinski definition) is 3. The normalized spacial score (nSPS) is 12.6. The lowest BCUT2D eigenvalue weighted by Gasteiger charge is -2.12. The van der Waals surface area contributed by atoms with E-state index in [1.165, 1.54) is 11.8 Å². The zero-order valence-electron chi connectivity index (χ0n) is 9.11. The molecule has 0 radical (unpaired) electrons. The van der Waals surface area contributed by atoms with Crippen molar-refractivity contribution in [3.63, 3.8) is 0 Å². The van der Waals surface area contributed by atoms with E-state index in [-0.39, 0.29) is 11.9 Å². The molecule has 0 amide bonds. The van der Waals surface area contributed by atoms with Crippen LogP contribution < -0.4 is 11.3 Å². The van der Waals surface area contributed by atoms with Gasteiger partial charge in [0.05, 0.1) is 6.61 Å². The number of thioether (sulfide) groups is 1. The summed E-state index contributed by atoms with van der Waals surface area (Å²) in [5.74, 6) is 6.65. The van der Waals surface area contributed by atoms with Gasteiger partial charge >= 0.3 is 0 Å². The molecule has 0 fully saturated rings. The summed E-state index contributed by atoms with van der Waals surface area (Å²) < 4.78 is 0. The summed E-state index contributed by atoms with van der Waals surface area (Å²) in [5.41, 5.74) is 3.45. The number of aliphatic hydroxyl groups excluding tert-OH is 1. The van der Waals surface area contributed by atoms with E-state index in [2.05, 4.69) is 15.4 Å². The maximum Gasteiger partial charge on any atom is 0.147 e. The molecule has 1 unspecified atom stereocenters. The fraction of sp³-hybridized carbons (Fsp3) is 0.556. The fourth-order valence-corrected chi connectivity index (χ4v) is 2.00. The van der Waals surface area contributed by atoms with Crippen LogP contribution in [0.4, 0.5) is 5.82 Å². The van der Waals surface area contributed by atoms with Gasteiger partial charge in [-0.05, 0) is 13.8 Å². The lowest BCUT2D eigenvalue weighted by atomic mass is 10.3. The zero-order chi connectivity index (χ0) is 11.4. The second-order valence-corrected chi connectivity index (χ2v) is 4.73. The van der Waals surface area contributed by atoms with Crippen LogP contribution in [0.25, 0.3) is 0 Å². The third-order valence-corrected chi connectivity index (χ3v) is 3.09. The summed E-state index contributed by atoms with van der Waals surface area (Å²) in [4.78, 5) is 8.48. The SMILES string of the molecule is Cc1nc(NN)c(C)c(SC(C)CO)n1. The van der Waals surface area contributed by atoms with Gasteiger partial charge in [0.1, 0.15) is 16.7 Å². The summed E-state index contributed by atoms with van der Waals surface area (Å²) in [6.07, 6.45) is 0. The van der Waals surface area contributed by atoms with Crippen LogP contribution >= 0.6 is 11.8 Å². The molecule has 6 heteroatoms. The maximum absolute atomic E-state index is 8.98. The topological polar surface area (TPSA) is 84.1 Å². The Balaban J connectivity index is 3.01. The quantitative estimate of drug-likeness (QED) is 0.307. The molecule has 0 saturated heterocycles. The van der Waals surface area contributed by atoms with Crippen LogP contribution in [0.3, 0.4) is 0 Å². The smallest absolute Gasteiger partial charge is 0.147 e. The van der Waals surface area contributed by atoms with Gasteiger partial charge in [-0.15, -0.1) is 11.8 Å². The molecule has 4 N–H and O–H groups in total. The summed E-state index contributed by atoms with van der Waals surface area (Å²) in [7, 11) is 0. The van der Waals surface area contributed by atoms with Crippen molar-refractivity contribution in [3.05, 3.63) is 11.4 Å². The Kier molecular flexibility index (Phi) is 4.31. The molecule has 1 rings (SSSR count). The Morgan fingerprint density at radius 1 is 1.47 bits per heavy atom. The van der Waals surface area contributed by atoms with Gasteiger partial charge < -0.3 is 10.5 Å². The predicted molar refractivity (Wildman–Crippen MR) is 61.7 cm³/mol. The highest BCUT2D eigenvalue weighted by Crippen LogP contribution is 2.27. The number of aromatic nitrogens is 2. The number of hydrogen-bond acceptors (Lipinski definition) is 6. The first-order valence-corrected chi connectivity index (χ1v) is 5.55. The Labute approximate surface area is 93.5 Å². The molecule has 0 aromatic carbocycles. The van der Waals surface area contributed by atoms with Crippen molar-refractivity contribution < 1.29 is 5.11 Å². The van der Waals surface area contributed by atoms with Gasteiger partial charge in [-0.1, -0.05) is 6.92 Å². The first kappa shape index (κ1) is 12.2. The highest BCUT2D eigenvalue weighted by molar-refractivity contribution is 7.99. The van der Waals surface area contributed by atoms with Gasteiger partial charge in [-0.2, -0.15) is 0 Å². The van der Waals surface area contributed by atoms with Gasteiger partial charge in [-0.25, -0.2) is 15.8 Å². The molecular formula is C9H16N4OS. The second kappa shape index (κ2) is 5.29. The molecule has 1 aromatic rings. The average molecular weight is 228 g/mol. The highest BCUT2D eigenvalue weighted by Gasteiger charge is 2.11. The van der Waals surface area contributed by atoms with E-state index in [9.17, 15) is 0 Å².